The van der Waals surface area contributed by atoms with Gasteiger partial charge in [-0.2, -0.15) is 0 Å². The molecule has 0 atom stereocenters. The third kappa shape index (κ3) is 3.54. The highest BCUT2D eigenvalue weighted by molar-refractivity contribution is 5.14. The van der Waals surface area contributed by atoms with Crippen molar-refractivity contribution in [3.8, 4) is 0 Å². The standard InChI is InChI=1S/C11H17N/c1-11(2,12)9-8-10-6-4-3-5-7-10/h3-7H,8-9,12H2,1-2H3. The van der Waals surface area contributed by atoms with Crippen LogP contribution >= 0.6 is 0 Å². The zero-order valence-corrected chi connectivity index (χ0v) is 7.88. The maximum Gasteiger partial charge on any atom is 0.0100 e. The summed E-state index contributed by atoms with van der Waals surface area (Å²) < 4.78 is 0. The van der Waals surface area contributed by atoms with Crippen molar-refractivity contribution in [2.75, 3.05) is 0 Å². The lowest BCUT2D eigenvalue weighted by atomic mass is 9.97. The molecule has 0 aromatic heterocycles. The van der Waals surface area contributed by atoms with Crippen LogP contribution in [0.4, 0.5) is 0 Å². The first-order valence-electron chi connectivity index (χ1n) is 4.41. The average Bonchev–Trinajstić information content (AvgIpc) is 2.02. The molecule has 0 saturated carbocycles. The quantitative estimate of drug-likeness (QED) is 0.727. The SMILES string of the molecule is CC(C)(N)CCc1ccccc1. The van der Waals surface area contributed by atoms with Crippen molar-refractivity contribution in [3.05, 3.63) is 35.9 Å². The van der Waals surface area contributed by atoms with Crippen molar-refractivity contribution in [1.29, 1.82) is 0 Å². The fourth-order valence-corrected chi connectivity index (χ4v) is 1.11. The van der Waals surface area contributed by atoms with Gasteiger partial charge in [0, 0.05) is 5.54 Å². The van der Waals surface area contributed by atoms with E-state index in [-0.39, 0.29) is 5.54 Å². The van der Waals surface area contributed by atoms with E-state index >= 15 is 0 Å². The van der Waals surface area contributed by atoms with Gasteiger partial charge in [-0.15, -0.1) is 0 Å². The molecule has 2 N–H and O–H groups in total. The van der Waals surface area contributed by atoms with Gasteiger partial charge < -0.3 is 5.73 Å². The molecule has 1 aromatic carbocycles. The molecule has 0 bridgehead atoms. The van der Waals surface area contributed by atoms with Crippen molar-refractivity contribution >= 4 is 0 Å². The zero-order valence-electron chi connectivity index (χ0n) is 7.88. The molecule has 1 rings (SSSR count). The molecule has 0 aliphatic rings. The predicted octanol–water partition coefficient (Wildman–Crippen LogP) is 2.36. The Labute approximate surface area is 74.6 Å². The van der Waals surface area contributed by atoms with Crippen LogP contribution in [-0.2, 0) is 6.42 Å². The predicted molar refractivity (Wildman–Crippen MR) is 53.0 cm³/mol. The Hall–Kier alpha value is -0.820. The lowest BCUT2D eigenvalue weighted by molar-refractivity contribution is 0.477. The van der Waals surface area contributed by atoms with Crippen LogP contribution in [0, 0.1) is 0 Å². The van der Waals surface area contributed by atoms with Crippen LogP contribution in [0.5, 0.6) is 0 Å². The van der Waals surface area contributed by atoms with Crippen LogP contribution in [0.25, 0.3) is 0 Å². The third-order valence-corrected chi connectivity index (χ3v) is 1.90. The maximum atomic E-state index is 5.88. The second kappa shape index (κ2) is 3.72. The third-order valence-electron chi connectivity index (χ3n) is 1.90. The molecule has 1 heteroatoms. The molecule has 0 aliphatic heterocycles. The molecule has 0 amide bonds. The van der Waals surface area contributed by atoms with E-state index in [2.05, 4.69) is 38.1 Å². The molecule has 0 fully saturated rings. The maximum absolute atomic E-state index is 5.88. The molecule has 66 valence electrons. The molecule has 0 aliphatic carbocycles. The van der Waals surface area contributed by atoms with Crippen LogP contribution < -0.4 is 5.73 Å². The summed E-state index contributed by atoms with van der Waals surface area (Å²) in [6.07, 6.45) is 2.11. The first-order valence-corrected chi connectivity index (χ1v) is 4.41. The summed E-state index contributed by atoms with van der Waals surface area (Å²) >= 11 is 0. The zero-order chi connectivity index (χ0) is 9.03. The Morgan fingerprint density at radius 3 is 2.25 bits per heavy atom. The Kier molecular flexibility index (Phi) is 2.88. The number of rotatable bonds is 3. The molecule has 0 unspecified atom stereocenters. The van der Waals surface area contributed by atoms with E-state index in [1.165, 1.54) is 5.56 Å². The highest BCUT2D eigenvalue weighted by Gasteiger charge is 2.09. The lowest BCUT2D eigenvalue weighted by Crippen LogP contribution is -2.32. The summed E-state index contributed by atoms with van der Waals surface area (Å²) in [4.78, 5) is 0. The van der Waals surface area contributed by atoms with Gasteiger partial charge in [-0.25, -0.2) is 0 Å². The largest absolute Gasteiger partial charge is 0.326 e. The van der Waals surface area contributed by atoms with E-state index in [0.717, 1.165) is 12.8 Å². The second-order valence-electron chi connectivity index (χ2n) is 3.97. The molecule has 0 heterocycles. The van der Waals surface area contributed by atoms with Crippen molar-refractivity contribution in [2.45, 2.75) is 32.2 Å². The molecule has 1 aromatic rings. The summed E-state index contributed by atoms with van der Waals surface area (Å²) in [6.45, 7) is 4.13. The minimum absolute atomic E-state index is 0.0458. The smallest absolute Gasteiger partial charge is 0.0100 e. The number of nitrogens with two attached hydrogens (primary N) is 1. The van der Waals surface area contributed by atoms with E-state index in [1.807, 2.05) is 6.07 Å². The number of hydrogen-bond donors (Lipinski definition) is 1. The monoisotopic (exact) mass is 163 g/mol. The topological polar surface area (TPSA) is 26.0 Å². The molecule has 0 radical (unpaired) electrons. The van der Waals surface area contributed by atoms with Crippen LogP contribution in [0.2, 0.25) is 0 Å². The summed E-state index contributed by atoms with van der Waals surface area (Å²) in [6, 6.07) is 10.5. The minimum atomic E-state index is -0.0458. The van der Waals surface area contributed by atoms with Gasteiger partial charge >= 0.3 is 0 Å². The van der Waals surface area contributed by atoms with Gasteiger partial charge in [-0.3, -0.25) is 0 Å². The van der Waals surface area contributed by atoms with Gasteiger partial charge in [0.1, 0.15) is 0 Å². The molecular formula is C11H17N. The summed E-state index contributed by atoms with van der Waals surface area (Å²) in [5, 5.41) is 0. The van der Waals surface area contributed by atoms with Gasteiger partial charge in [0.2, 0.25) is 0 Å². The summed E-state index contributed by atoms with van der Waals surface area (Å²) in [7, 11) is 0. The van der Waals surface area contributed by atoms with Gasteiger partial charge in [0.15, 0.2) is 0 Å². The van der Waals surface area contributed by atoms with E-state index in [4.69, 9.17) is 5.73 Å². The molecule has 1 nitrogen and oxygen atoms in total. The van der Waals surface area contributed by atoms with Crippen molar-refractivity contribution in [2.24, 2.45) is 5.73 Å². The van der Waals surface area contributed by atoms with Crippen molar-refractivity contribution in [3.63, 3.8) is 0 Å². The van der Waals surface area contributed by atoms with Gasteiger partial charge in [0.05, 0.1) is 0 Å². The van der Waals surface area contributed by atoms with E-state index in [1.54, 1.807) is 0 Å². The number of benzene rings is 1. The first-order chi connectivity index (χ1) is 5.58. The lowest BCUT2D eigenvalue weighted by Gasteiger charge is -2.17. The molecule has 12 heavy (non-hydrogen) atoms. The average molecular weight is 163 g/mol. The molecular weight excluding hydrogens is 146 g/mol. The Balaban J connectivity index is 2.44. The highest BCUT2D eigenvalue weighted by atomic mass is 14.7. The van der Waals surface area contributed by atoms with Gasteiger partial charge in [-0.05, 0) is 32.3 Å². The van der Waals surface area contributed by atoms with Crippen LogP contribution in [0.3, 0.4) is 0 Å². The Morgan fingerprint density at radius 2 is 1.75 bits per heavy atom. The minimum Gasteiger partial charge on any atom is -0.326 e. The van der Waals surface area contributed by atoms with Gasteiger partial charge in [0.25, 0.3) is 0 Å². The Bertz CT molecular complexity index is 221. The highest BCUT2D eigenvalue weighted by Crippen LogP contribution is 2.09. The molecule has 0 spiro atoms. The van der Waals surface area contributed by atoms with Crippen LogP contribution in [0.1, 0.15) is 25.8 Å². The van der Waals surface area contributed by atoms with Gasteiger partial charge in [-0.1, -0.05) is 30.3 Å². The van der Waals surface area contributed by atoms with E-state index in [0.29, 0.717) is 0 Å². The first kappa shape index (κ1) is 9.27. The summed E-state index contributed by atoms with van der Waals surface area (Å²) in [5.74, 6) is 0. The van der Waals surface area contributed by atoms with Crippen molar-refractivity contribution in [1.82, 2.24) is 0 Å². The fraction of sp³-hybridized carbons (Fsp3) is 0.455. The summed E-state index contributed by atoms with van der Waals surface area (Å²) in [5.41, 5.74) is 7.21. The normalized spacial score (nSPS) is 11.6. The van der Waals surface area contributed by atoms with E-state index in [9.17, 15) is 0 Å². The van der Waals surface area contributed by atoms with Crippen LogP contribution in [0.15, 0.2) is 30.3 Å². The van der Waals surface area contributed by atoms with E-state index < -0.39 is 0 Å². The number of hydrogen-bond acceptors (Lipinski definition) is 1. The second-order valence-corrected chi connectivity index (χ2v) is 3.97. The fourth-order valence-electron chi connectivity index (χ4n) is 1.11. The number of aryl methyl sites for hydroxylation is 1. The van der Waals surface area contributed by atoms with Crippen molar-refractivity contribution < 1.29 is 0 Å². The van der Waals surface area contributed by atoms with Crippen LogP contribution in [-0.4, -0.2) is 5.54 Å². The Morgan fingerprint density at radius 1 is 1.17 bits per heavy atom. The molecule has 0 saturated heterocycles.